The molecule has 1 fully saturated rings. The van der Waals surface area contributed by atoms with Crippen LogP contribution in [0.3, 0.4) is 0 Å². The molecule has 0 spiro atoms. The molecule has 1 unspecified atom stereocenters. The van der Waals surface area contributed by atoms with Crippen LogP contribution in [0.25, 0.3) is 0 Å². The Hall–Kier alpha value is -2.37. The lowest BCUT2D eigenvalue weighted by molar-refractivity contribution is -0.125. The Kier molecular flexibility index (Phi) is 5.06. The van der Waals surface area contributed by atoms with E-state index in [4.69, 9.17) is 4.84 Å². The van der Waals surface area contributed by atoms with Crippen molar-refractivity contribution < 1.29 is 14.4 Å². The number of likely N-dealkylation sites (tertiary alicyclic amines) is 1. The van der Waals surface area contributed by atoms with Gasteiger partial charge in [0.05, 0.1) is 5.71 Å². The Morgan fingerprint density at radius 2 is 2.00 bits per heavy atom. The third-order valence-electron chi connectivity index (χ3n) is 4.78. The zero-order chi connectivity index (χ0) is 18.0. The van der Waals surface area contributed by atoms with Crippen molar-refractivity contribution in [2.75, 3.05) is 18.4 Å². The maximum Gasteiger partial charge on any atom is 0.268 e. The lowest BCUT2D eigenvalue weighted by Gasteiger charge is -2.17. The zero-order valence-electron chi connectivity index (χ0n) is 15.0. The number of carbonyl (C=O) groups is 2. The molecule has 2 amide bonds. The molecule has 1 N–H and O–H groups in total. The van der Waals surface area contributed by atoms with Gasteiger partial charge in [-0.2, -0.15) is 0 Å². The summed E-state index contributed by atoms with van der Waals surface area (Å²) in [6.45, 7) is 7.61. The predicted octanol–water partition coefficient (Wildman–Crippen LogP) is 2.97. The lowest BCUT2D eigenvalue weighted by atomic mass is 10.0. The van der Waals surface area contributed by atoms with E-state index >= 15 is 0 Å². The van der Waals surface area contributed by atoms with Crippen LogP contribution in [-0.2, 0) is 9.63 Å². The van der Waals surface area contributed by atoms with E-state index in [2.05, 4.69) is 10.5 Å². The molecule has 2 aliphatic heterocycles. The number of nitrogens with zero attached hydrogens (tertiary/aromatic N) is 2. The normalized spacial score (nSPS) is 19.8. The second-order valence-corrected chi connectivity index (χ2v) is 7.05. The number of benzene rings is 1. The number of aryl methyl sites for hydroxylation is 1. The van der Waals surface area contributed by atoms with Crippen LogP contribution in [0.15, 0.2) is 23.4 Å². The van der Waals surface area contributed by atoms with E-state index in [1.165, 1.54) is 0 Å². The molecule has 134 valence electrons. The second kappa shape index (κ2) is 7.25. The van der Waals surface area contributed by atoms with E-state index in [-0.39, 0.29) is 17.7 Å². The molecule has 2 heterocycles. The van der Waals surface area contributed by atoms with Gasteiger partial charge in [0.15, 0.2) is 0 Å². The highest BCUT2D eigenvalue weighted by atomic mass is 16.6. The minimum absolute atomic E-state index is 0.0626. The van der Waals surface area contributed by atoms with Gasteiger partial charge < -0.3 is 15.1 Å². The van der Waals surface area contributed by atoms with Gasteiger partial charge in [-0.3, -0.25) is 9.59 Å². The Morgan fingerprint density at radius 1 is 1.28 bits per heavy atom. The molecule has 1 saturated heterocycles. The van der Waals surface area contributed by atoms with Crippen LogP contribution >= 0.6 is 0 Å². The summed E-state index contributed by atoms with van der Waals surface area (Å²) in [4.78, 5) is 31.9. The van der Waals surface area contributed by atoms with Crippen LogP contribution in [0.5, 0.6) is 0 Å². The SMILES string of the molecule is Cc1cc(C(=O)N2CCCC2)ccc1NC(=O)C1CC(C(C)C)=NO1. The summed E-state index contributed by atoms with van der Waals surface area (Å²) >= 11 is 0. The van der Waals surface area contributed by atoms with E-state index in [0.717, 1.165) is 37.2 Å². The fourth-order valence-electron chi connectivity index (χ4n) is 3.13. The van der Waals surface area contributed by atoms with Gasteiger partial charge >= 0.3 is 0 Å². The van der Waals surface area contributed by atoms with E-state index in [1.54, 1.807) is 12.1 Å². The average Bonchev–Trinajstić information content (AvgIpc) is 3.27. The van der Waals surface area contributed by atoms with E-state index < -0.39 is 6.10 Å². The molecule has 1 aromatic rings. The Labute approximate surface area is 148 Å². The molecule has 0 radical (unpaired) electrons. The molecule has 0 aromatic heterocycles. The number of hydrogen-bond donors (Lipinski definition) is 1. The van der Waals surface area contributed by atoms with Crippen LogP contribution in [-0.4, -0.2) is 41.6 Å². The maximum absolute atomic E-state index is 12.4. The minimum Gasteiger partial charge on any atom is -0.382 e. The summed E-state index contributed by atoms with van der Waals surface area (Å²) in [5, 5.41) is 6.87. The largest absolute Gasteiger partial charge is 0.382 e. The second-order valence-electron chi connectivity index (χ2n) is 7.05. The first-order valence-electron chi connectivity index (χ1n) is 8.89. The van der Waals surface area contributed by atoms with Crippen LogP contribution in [0.4, 0.5) is 5.69 Å². The standard InChI is InChI=1S/C19H25N3O3/c1-12(2)16-11-17(25-21-16)18(23)20-15-7-6-14(10-13(15)3)19(24)22-8-4-5-9-22/h6-7,10,12,17H,4-5,8-9,11H2,1-3H3,(H,20,23). The first-order chi connectivity index (χ1) is 12.0. The van der Waals surface area contributed by atoms with Crippen molar-refractivity contribution in [2.45, 2.75) is 46.1 Å². The molecule has 0 saturated carbocycles. The topological polar surface area (TPSA) is 71.0 Å². The van der Waals surface area contributed by atoms with Crippen molar-refractivity contribution in [3.8, 4) is 0 Å². The Balaban J connectivity index is 1.63. The zero-order valence-corrected chi connectivity index (χ0v) is 15.0. The summed E-state index contributed by atoms with van der Waals surface area (Å²) in [5.74, 6) is 0.129. The molecule has 0 aliphatic carbocycles. The summed E-state index contributed by atoms with van der Waals surface area (Å²) < 4.78 is 0. The van der Waals surface area contributed by atoms with Crippen molar-refractivity contribution >= 4 is 23.2 Å². The highest BCUT2D eigenvalue weighted by Crippen LogP contribution is 2.22. The molecule has 3 rings (SSSR count). The highest BCUT2D eigenvalue weighted by molar-refractivity contribution is 6.01. The number of hydrogen-bond acceptors (Lipinski definition) is 4. The summed E-state index contributed by atoms with van der Waals surface area (Å²) in [5.41, 5.74) is 3.13. The fraction of sp³-hybridized carbons (Fsp3) is 0.526. The van der Waals surface area contributed by atoms with Gasteiger partial charge in [0.1, 0.15) is 0 Å². The Morgan fingerprint density at radius 3 is 2.60 bits per heavy atom. The number of nitrogens with one attached hydrogen (secondary N) is 1. The predicted molar refractivity (Wildman–Crippen MR) is 96.7 cm³/mol. The van der Waals surface area contributed by atoms with Crippen molar-refractivity contribution in [3.05, 3.63) is 29.3 Å². The number of amides is 2. The molecule has 1 aromatic carbocycles. The van der Waals surface area contributed by atoms with E-state index in [9.17, 15) is 9.59 Å². The van der Waals surface area contributed by atoms with Gasteiger partial charge in [0.2, 0.25) is 6.10 Å². The third kappa shape index (κ3) is 3.83. The fourth-order valence-corrected chi connectivity index (χ4v) is 3.13. The van der Waals surface area contributed by atoms with Gasteiger partial charge in [0.25, 0.3) is 11.8 Å². The lowest BCUT2D eigenvalue weighted by Crippen LogP contribution is -2.29. The number of carbonyl (C=O) groups excluding carboxylic acids is 2. The van der Waals surface area contributed by atoms with Crippen LogP contribution in [0.2, 0.25) is 0 Å². The Bertz CT molecular complexity index is 706. The monoisotopic (exact) mass is 343 g/mol. The molecular formula is C19H25N3O3. The molecule has 0 bridgehead atoms. The van der Waals surface area contributed by atoms with E-state index in [0.29, 0.717) is 17.7 Å². The molecule has 25 heavy (non-hydrogen) atoms. The highest BCUT2D eigenvalue weighted by Gasteiger charge is 2.29. The molecule has 6 heteroatoms. The summed E-state index contributed by atoms with van der Waals surface area (Å²) in [7, 11) is 0. The van der Waals surface area contributed by atoms with Crippen molar-refractivity contribution in [1.82, 2.24) is 4.90 Å². The van der Waals surface area contributed by atoms with Gasteiger partial charge in [-0.25, -0.2) is 0 Å². The van der Waals surface area contributed by atoms with Gasteiger partial charge in [-0.15, -0.1) is 0 Å². The van der Waals surface area contributed by atoms with E-state index in [1.807, 2.05) is 31.7 Å². The first-order valence-corrected chi connectivity index (χ1v) is 8.89. The summed E-state index contributed by atoms with van der Waals surface area (Å²) in [6, 6.07) is 5.40. The quantitative estimate of drug-likeness (QED) is 0.913. The maximum atomic E-state index is 12.4. The number of rotatable bonds is 4. The first kappa shape index (κ1) is 17.5. The van der Waals surface area contributed by atoms with Gasteiger partial charge in [0, 0.05) is 30.8 Å². The molecule has 1 atom stereocenters. The van der Waals surface area contributed by atoms with Crippen molar-refractivity contribution in [3.63, 3.8) is 0 Å². The van der Waals surface area contributed by atoms with Crippen LogP contribution < -0.4 is 5.32 Å². The summed E-state index contributed by atoms with van der Waals surface area (Å²) in [6.07, 6.45) is 2.08. The minimum atomic E-state index is -0.581. The third-order valence-corrected chi connectivity index (χ3v) is 4.78. The number of anilines is 1. The van der Waals surface area contributed by atoms with Crippen molar-refractivity contribution in [2.24, 2.45) is 11.1 Å². The molecule has 6 nitrogen and oxygen atoms in total. The van der Waals surface area contributed by atoms with Gasteiger partial charge in [-0.05, 0) is 49.4 Å². The smallest absolute Gasteiger partial charge is 0.268 e. The van der Waals surface area contributed by atoms with Gasteiger partial charge in [-0.1, -0.05) is 19.0 Å². The number of oxime groups is 1. The molecular weight excluding hydrogens is 318 g/mol. The average molecular weight is 343 g/mol. The van der Waals surface area contributed by atoms with Crippen LogP contribution in [0.1, 0.15) is 49.0 Å². The van der Waals surface area contributed by atoms with Crippen LogP contribution in [0, 0.1) is 12.8 Å². The molecule has 2 aliphatic rings. The van der Waals surface area contributed by atoms with Crippen molar-refractivity contribution in [1.29, 1.82) is 0 Å².